The highest BCUT2D eigenvalue weighted by Crippen LogP contribution is 2.33. The molecule has 24 heavy (non-hydrogen) atoms. The molecular formula is C18H18N2O3S. The van der Waals surface area contributed by atoms with Crippen molar-refractivity contribution >= 4 is 35.0 Å². The summed E-state index contributed by atoms with van der Waals surface area (Å²) >= 11 is 1.48. The number of aryl methyl sites for hydroxylation is 1. The van der Waals surface area contributed by atoms with E-state index >= 15 is 0 Å². The molecule has 0 bridgehead atoms. The topological polar surface area (TPSA) is 67.4 Å². The van der Waals surface area contributed by atoms with E-state index in [-0.39, 0.29) is 11.8 Å². The number of carbonyl (C=O) groups excluding carboxylic acids is 2. The van der Waals surface area contributed by atoms with Crippen molar-refractivity contribution in [2.45, 2.75) is 24.8 Å². The zero-order chi connectivity index (χ0) is 17.1. The van der Waals surface area contributed by atoms with Crippen LogP contribution < -0.4 is 15.4 Å². The van der Waals surface area contributed by atoms with Crippen molar-refractivity contribution in [1.82, 2.24) is 0 Å². The lowest BCUT2D eigenvalue weighted by Crippen LogP contribution is -2.30. The first-order valence-corrected chi connectivity index (χ1v) is 8.61. The molecule has 2 amide bonds. The molecule has 124 valence electrons. The van der Waals surface area contributed by atoms with Crippen LogP contribution in [0.25, 0.3) is 0 Å². The van der Waals surface area contributed by atoms with Gasteiger partial charge in [0.15, 0.2) is 6.10 Å². The minimum Gasteiger partial charge on any atom is -0.481 e. The maximum atomic E-state index is 12.3. The van der Waals surface area contributed by atoms with Gasteiger partial charge in [-0.2, -0.15) is 0 Å². The summed E-state index contributed by atoms with van der Waals surface area (Å²) in [6.07, 6.45) is -0.632. The lowest BCUT2D eigenvalue weighted by molar-refractivity contribution is -0.122. The van der Waals surface area contributed by atoms with Crippen molar-refractivity contribution in [2.75, 3.05) is 16.4 Å². The summed E-state index contributed by atoms with van der Waals surface area (Å²) in [4.78, 5) is 24.7. The molecule has 0 radical (unpaired) electrons. The van der Waals surface area contributed by atoms with E-state index < -0.39 is 6.10 Å². The molecule has 0 fully saturated rings. The maximum absolute atomic E-state index is 12.3. The second-order valence-corrected chi connectivity index (χ2v) is 6.63. The van der Waals surface area contributed by atoms with Gasteiger partial charge in [-0.25, -0.2) is 0 Å². The van der Waals surface area contributed by atoms with E-state index in [9.17, 15) is 9.59 Å². The van der Waals surface area contributed by atoms with Crippen molar-refractivity contribution in [3.05, 3.63) is 48.0 Å². The highest BCUT2D eigenvalue weighted by Gasteiger charge is 2.18. The Morgan fingerprint density at radius 3 is 2.75 bits per heavy atom. The van der Waals surface area contributed by atoms with Crippen molar-refractivity contribution in [1.29, 1.82) is 0 Å². The van der Waals surface area contributed by atoms with Crippen molar-refractivity contribution < 1.29 is 14.3 Å². The van der Waals surface area contributed by atoms with E-state index in [4.69, 9.17) is 4.74 Å². The molecule has 1 heterocycles. The van der Waals surface area contributed by atoms with Crippen LogP contribution in [0, 0.1) is 6.92 Å². The first-order chi connectivity index (χ1) is 11.5. The Bertz CT molecular complexity index is 774. The molecule has 0 aliphatic carbocycles. The lowest BCUT2D eigenvalue weighted by Gasteiger charge is -2.18. The molecule has 1 unspecified atom stereocenters. The Balaban J connectivity index is 1.64. The van der Waals surface area contributed by atoms with Crippen LogP contribution in [0.4, 0.5) is 11.4 Å². The number of anilines is 2. The first-order valence-electron chi connectivity index (χ1n) is 7.62. The summed E-state index contributed by atoms with van der Waals surface area (Å²) in [5, 5.41) is 5.62. The van der Waals surface area contributed by atoms with Crippen LogP contribution in [-0.4, -0.2) is 23.7 Å². The fraction of sp³-hybridized carbons (Fsp3) is 0.222. The summed E-state index contributed by atoms with van der Waals surface area (Å²) in [6, 6.07) is 13.0. The zero-order valence-electron chi connectivity index (χ0n) is 13.5. The smallest absolute Gasteiger partial charge is 0.265 e. The number of carbonyl (C=O) groups is 2. The fourth-order valence-electron chi connectivity index (χ4n) is 2.28. The minimum atomic E-state index is -0.632. The quantitative estimate of drug-likeness (QED) is 0.893. The second kappa shape index (κ2) is 6.97. The molecule has 2 aromatic carbocycles. The number of hydrogen-bond donors (Lipinski definition) is 2. The van der Waals surface area contributed by atoms with Crippen LogP contribution in [0.3, 0.4) is 0 Å². The highest BCUT2D eigenvalue weighted by molar-refractivity contribution is 8.00. The number of thioether (sulfide) groups is 1. The summed E-state index contributed by atoms with van der Waals surface area (Å²) in [5.74, 6) is 0.787. The van der Waals surface area contributed by atoms with E-state index in [1.807, 2.05) is 43.3 Å². The van der Waals surface area contributed by atoms with Gasteiger partial charge in [0.1, 0.15) is 5.75 Å². The number of hydrogen-bond acceptors (Lipinski definition) is 4. The number of amides is 2. The van der Waals surface area contributed by atoms with Gasteiger partial charge >= 0.3 is 0 Å². The predicted molar refractivity (Wildman–Crippen MR) is 95.7 cm³/mol. The normalized spacial score (nSPS) is 14.3. The summed E-state index contributed by atoms with van der Waals surface area (Å²) in [5.41, 5.74) is 2.48. The van der Waals surface area contributed by atoms with Gasteiger partial charge in [-0.3, -0.25) is 9.59 Å². The van der Waals surface area contributed by atoms with E-state index in [1.165, 1.54) is 11.8 Å². The number of ether oxygens (including phenoxy) is 1. The fourth-order valence-corrected chi connectivity index (χ4v) is 3.07. The van der Waals surface area contributed by atoms with Crippen LogP contribution in [0.5, 0.6) is 5.75 Å². The molecule has 6 heteroatoms. The SMILES string of the molecule is Cc1ccc(OC(C)C(=O)Nc2ccc3c(c2)NC(=O)CS3)cc1. The van der Waals surface area contributed by atoms with Gasteiger partial charge in [-0.1, -0.05) is 17.7 Å². The summed E-state index contributed by atoms with van der Waals surface area (Å²) < 4.78 is 5.65. The van der Waals surface area contributed by atoms with Gasteiger partial charge < -0.3 is 15.4 Å². The van der Waals surface area contributed by atoms with E-state index in [0.717, 1.165) is 16.1 Å². The van der Waals surface area contributed by atoms with Crippen LogP contribution >= 0.6 is 11.8 Å². The highest BCUT2D eigenvalue weighted by atomic mass is 32.2. The Kier molecular flexibility index (Phi) is 4.76. The van der Waals surface area contributed by atoms with Crippen LogP contribution in [0.15, 0.2) is 47.4 Å². The number of fused-ring (bicyclic) bond motifs is 1. The Morgan fingerprint density at radius 2 is 2.00 bits per heavy atom. The molecule has 2 aromatic rings. The first kappa shape index (κ1) is 16.4. The van der Waals surface area contributed by atoms with Crippen LogP contribution in [-0.2, 0) is 9.59 Å². The predicted octanol–water partition coefficient (Wildman–Crippen LogP) is 3.45. The van der Waals surface area contributed by atoms with E-state index in [0.29, 0.717) is 17.2 Å². The number of nitrogens with one attached hydrogen (secondary N) is 2. The van der Waals surface area contributed by atoms with Gasteiger partial charge in [-0.15, -0.1) is 11.8 Å². The summed E-state index contributed by atoms with van der Waals surface area (Å²) in [7, 11) is 0. The van der Waals surface area contributed by atoms with Gasteiger partial charge in [0.25, 0.3) is 5.91 Å². The molecular weight excluding hydrogens is 324 g/mol. The molecule has 0 spiro atoms. The van der Waals surface area contributed by atoms with Gasteiger partial charge in [0.2, 0.25) is 5.91 Å². The molecule has 5 nitrogen and oxygen atoms in total. The maximum Gasteiger partial charge on any atom is 0.265 e. The van der Waals surface area contributed by atoms with Crippen LogP contribution in [0.1, 0.15) is 12.5 Å². The second-order valence-electron chi connectivity index (χ2n) is 5.61. The van der Waals surface area contributed by atoms with Gasteiger partial charge in [0.05, 0.1) is 11.4 Å². The molecule has 0 aromatic heterocycles. The molecule has 1 aliphatic heterocycles. The third kappa shape index (κ3) is 3.89. The Morgan fingerprint density at radius 1 is 1.25 bits per heavy atom. The van der Waals surface area contributed by atoms with Crippen molar-refractivity contribution in [2.24, 2.45) is 0 Å². The summed E-state index contributed by atoms with van der Waals surface area (Å²) in [6.45, 7) is 3.69. The van der Waals surface area contributed by atoms with E-state index in [2.05, 4.69) is 10.6 Å². The van der Waals surface area contributed by atoms with Gasteiger partial charge in [-0.05, 0) is 44.2 Å². The third-order valence-corrected chi connectivity index (χ3v) is 4.66. The minimum absolute atomic E-state index is 0.0351. The monoisotopic (exact) mass is 342 g/mol. The average molecular weight is 342 g/mol. The van der Waals surface area contributed by atoms with Crippen LogP contribution in [0.2, 0.25) is 0 Å². The molecule has 1 aliphatic rings. The molecule has 3 rings (SSSR count). The molecule has 0 saturated carbocycles. The number of rotatable bonds is 4. The zero-order valence-corrected chi connectivity index (χ0v) is 14.3. The average Bonchev–Trinajstić information content (AvgIpc) is 2.56. The number of benzene rings is 2. The van der Waals surface area contributed by atoms with Crippen molar-refractivity contribution in [3.63, 3.8) is 0 Å². The Hall–Kier alpha value is -2.47. The molecule has 0 saturated heterocycles. The third-order valence-electron chi connectivity index (χ3n) is 3.58. The molecule has 1 atom stereocenters. The molecule has 2 N–H and O–H groups in total. The standard InChI is InChI=1S/C18H18N2O3S/c1-11-3-6-14(7-4-11)23-12(2)18(22)19-13-5-8-16-15(9-13)20-17(21)10-24-16/h3-9,12H,10H2,1-2H3,(H,19,22)(H,20,21). The van der Waals surface area contributed by atoms with E-state index in [1.54, 1.807) is 13.0 Å². The Labute approximate surface area is 144 Å². The van der Waals surface area contributed by atoms with Gasteiger partial charge in [0, 0.05) is 10.6 Å². The largest absolute Gasteiger partial charge is 0.481 e. The van der Waals surface area contributed by atoms with Crippen molar-refractivity contribution in [3.8, 4) is 5.75 Å². The lowest BCUT2D eigenvalue weighted by atomic mass is 10.2.